The molecule has 37 heavy (non-hydrogen) atoms. The second-order valence-electron chi connectivity index (χ2n) is 8.38. The number of fused-ring (bicyclic) bond motifs is 1. The summed E-state index contributed by atoms with van der Waals surface area (Å²) in [5.74, 6) is -0.123. The SMILES string of the molecule is CCCc1c(C(=O)Nc2ccc(C(=O)OCC)cc2)nnn1-c1ccc2noc(-c3ccccc3)c2c1. The molecule has 0 saturated carbocycles. The van der Waals surface area contributed by atoms with Crippen molar-refractivity contribution in [3.05, 3.63) is 89.7 Å². The third-order valence-electron chi connectivity index (χ3n) is 5.86. The Morgan fingerprint density at radius 2 is 1.78 bits per heavy atom. The molecule has 1 N–H and O–H groups in total. The van der Waals surface area contributed by atoms with Gasteiger partial charge in [-0.3, -0.25) is 4.79 Å². The van der Waals surface area contributed by atoms with Gasteiger partial charge in [0.2, 0.25) is 0 Å². The Balaban J connectivity index is 1.45. The van der Waals surface area contributed by atoms with E-state index < -0.39 is 5.97 Å². The quantitative estimate of drug-likeness (QED) is 0.285. The highest BCUT2D eigenvalue weighted by molar-refractivity contribution is 6.04. The Hall–Kier alpha value is -4.79. The fourth-order valence-electron chi connectivity index (χ4n) is 4.10. The van der Waals surface area contributed by atoms with Gasteiger partial charge in [0.25, 0.3) is 5.91 Å². The number of anilines is 1. The minimum atomic E-state index is -0.409. The minimum Gasteiger partial charge on any atom is -0.462 e. The maximum absolute atomic E-state index is 13.1. The third kappa shape index (κ3) is 4.84. The largest absolute Gasteiger partial charge is 0.462 e. The molecule has 0 aliphatic rings. The van der Waals surface area contributed by atoms with Gasteiger partial charge in [-0.05, 0) is 55.8 Å². The highest BCUT2D eigenvalue weighted by Gasteiger charge is 2.21. The van der Waals surface area contributed by atoms with Gasteiger partial charge in [-0.25, -0.2) is 9.48 Å². The Morgan fingerprint density at radius 3 is 2.51 bits per heavy atom. The summed E-state index contributed by atoms with van der Waals surface area (Å²) >= 11 is 0. The van der Waals surface area contributed by atoms with Crippen molar-refractivity contribution in [2.45, 2.75) is 26.7 Å². The van der Waals surface area contributed by atoms with E-state index >= 15 is 0 Å². The predicted molar refractivity (Wildman–Crippen MR) is 139 cm³/mol. The van der Waals surface area contributed by atoms with Crippen LogP contribution in [0.25, 0.3) is 27.9 Å². The first-order valence-corrected chi connectivity index (χ1v) is 12.1. The summed E-state index contributed by atoms with van der Waals surface area (Å²) in [6.45, 7) is 4.08. The van der Waals surface area contributed by atoms with E-state index in [4.69, 9.17) is 9.26 Å². The maximum atomic E-state index is 13.1. The van der Waals surface area contributed by atoms with Gasteiger partial charge in [0.05, 0.1) is 28.9 Å². The average molecular weight is 496 g/mol. The van der Waals surface area contributed by atoms with Crippen molar-refractivity contribution in [2.75, 3.05) is 11.9 Å². The lowest BCUT2D eigenvalue weighted by Crippen LogP contribution is -2.15. The number of carbonyl (C=O) groups excluding carboxylic acids is 2. The fraction of sp³-hybridized carbons (Fsp3) is 0.179. The van der Waals surface area contributed by atoms with Crippen LogP contribution in [0.5, 0.6) is 0 Å². The molecule has 0 fully saturated rings. The van der Waals surface area contributed by atoms with Crippen molar-refractivity contribution in [2.24, 2.45) is 0 Å². The van der Waals surface area contributed by atoms with Gasteiger partial charge in [-0.2, -0.15) is 0 Å². The lowest BCUT2D eigenvalue weighted by molar-refractivity contribution is 0.0526. The normalized spacial score (nSPS) is 11.0. The van der Waals surface area contributed by atoms with E-state index in [-0.39, 0.29) is 11.6 Å². The second-order valence-corrected chi connectivity index (χ2v) is 8.38. The maximum Gasteiger partial charge on any atom is 0.338 e. The zero-order valence-corrected chi connectivity index (χ0v) is 20.5. The van der Waals surface area contributed by atoms with Crippen LogP contribution in [0.3, 0.4) is 0 Å². The molecule has 5 rings (SSSR count). The van der Waals surface area contributed by atoms with Crippen LogP contribution in [0.1, 0.15) is 46.8 Å². The third-order valence-corrected chi connectivity index (χ3v) is 5.86. The lowest BCUT2D eigenvalue weighted by Gasteiger charge is -2.09. The van der Waals surface area contributed by atoms with Crippen molar-refractivity contribution in [3.63, 3.8) is 0 Å². The van der Waals surface area contributed by atoms with Crippen molar-refractivity contribution in [3.8, 4) is 17.0 Å². The molecule has 0 unspecified atom stereocenters. The number of nitrogens with zero attached hydrogens (tertiary/aromatic N) is 4. The predicted octanol–water partition coefficient (Wildman–Crippen LogP) is 5.46. The Kier molecular flexibility index (Phi) is 6.76. The second kappa shape index (κ2) is 10.4. The first-order valence-electron chi connectivity index (χ1n) is 12.1. The number of aromatic nitrogens is 4. The number of esters is 1. The van der Waals surface area contributed by atoms with Crippen LogP contribution in [0.4, 0.5) is 5.69 Å². The molecule has 186 valence electrons. The van der Waals surface area contributed by atoms with Gasteiger partial charge in [0.15, 0.2) is 11.5 Å². The number of nitrogens with one attached hydrogen (secondary N) is 1. The van der Waals surface area contributed by atoms with Crippen LogP contribution in [-0.2, 0) is 11.2 Å². The first-order chi connectivity index (χ1) is 18.1. The van der Waals surface area contributed by atoms with Crippen LogP contribution >= 0.6 is 0 Å². The molecule has 9 heteroatoms. The molecule has 2 heterocycles. The smallest absolute Gasteiger partial charge is 0.338 e. The molecular formula is C28H25N5O4. The lowest BCUT2D eigenvalue weighted by atomic mass is 10.1. The van der Waals surface area contributed by atoms with Crippen LogP contribution < -0.4 is 5.32 Å². The van der Waals surface area contributed by atoms with Gasteiger partial charge in [0, 0.05) is 11.3 Å². The summed E-state index contributed by atoms with van der Waals surface area (Å²) in [6.07, 6.45) is 1.40. The topological polar surface area (TPSA) is 112 Å². The number of ether oxygens (including phenoxy) is 1. The van der Waals surface area contributed by atoms with E-state index in [2.05, 4.69) is 20.8 Å². The summed E-state index contributed by atoms with van der Waals surface area (Å²) in [5.41, 5.74) is 4.28. The highest BCUT2D eigenvalue weighted by Crippen LogP contribution is 2.30. The van der Waals surface area contributed by atoms with Crippen molar-refractivity contribution >= 4 is 28.5 Å². The number of hydrogen-bond donors (Lipinski definition) is 1. The molecule has 0 atom stereocenters. The van der Waals surface area contributed by atoms with Crippen LogP contribution in [0.2, 0.25) is 0 Å². The average Bonchev–Trinajstić information content (AvgIpc) is 3.54. The number of hydrogen-bond acceptors (Lipinski definition) is 7. The van der Waals surface area contributed by atoms with Crippen LogP contribution in [-0.4, -0.2) is 38.6 Å². The molecule has 5 aromatic rings. The van der Waals surface area contributed by atoms with E-state index in [0.29, 0.717) is 35.7 Å². The molecule has 0 aliphatic carbocycles. The summed E-state index contributed by atoms with van der Waals surface area (Å²) < 4.78 is 12.3. The first kappa shape index (κ1) is 23.9. The van der Waals surface area contributed by atoms with E-state index in [1.807, 2.05) is 55.5 Å². The molecule has 0 saturated heterocycles. The van der Waals surface area contributed by atoms with Crippen molar-refractivity contribution in [1.82, 2.24) is 20.2 Å². The molecule has 2 aromatic heterocycles. The van der Waals surface area contributed by atoms with Gasteiger partial charge >= 0.3 is 5.97 Å². The van der Waals surface area contributed by atoms with Gasteiger partial charge in [-0.1, -0.05) is 54.0 Å². The molecule has 0 radical (unpaired) electrons. The summed E-state index contributed by atoms with van der Waals surface area (Å²) in [7, 11) is 0. The zero-order valence-electron chi connectivity index (χ0n) is 20.5. The summed E-state index contributed by atoms with van der Waals surface area (Å²) in [4.78, 5) is 25.0. The number of rotatable bonds is 8. The molecule has 0 bridgehead atoms. The van der Waals surface area contributed by atoms with Gasteiger partial charge < -0.3 is 14.6 Å². The fourth-order valence-corrected chi connectivity index (χ4v) is 4.10. The minimum absolute atomic E-state index is 0.241. The molecule has 3 aromatic carbocycles. The van der Waals surface area contributed by atoms with E-state index in [1.165, 1.54) is 0 Å². The Bertz CT molecular complexity index is 1560. The molecule has 0 aliphatic heterocycles. The Labute approximate surface area is 213 Å². The molecule has 1 amide bonds. The van der Waals surface area contributed by atoms with Gasteiger partial charge in [0.1, 0.15) is 5.52 Å². The van der Waals surface area contributed by atoms with E-state index in [9.17, 15) is 9.59 Å². The van der Waals surface area contributed by atoms with E-state index in [1.54, 1.807) is 35.9 Å². The van der Waals surface area contributed by atoms with Crippen molar-refractivity contribution < 1.29 is 18.8 Å². The number of amides is 1. The Morgan fingerprint density at radius 1 is 1.00 bits per heavy atom. The molecule has 0 spiro atoms. The van der Waals surface area contributed by atoms with E-state index in [0.717, 1.165) is 28.6 Å². The highest BCUT2D eigenvalue weighted by atomic mass is 16.5. The van der Waals surface area contributed by atoms with Crippen LogP contribution in [0, 0.1) is 0 Å². The number of benzene rings is 3. The van der Waals surface area contributed by atoms with Crippen molar-refractivity contribution in [1.29, 1.82) is 0 Å². The van der Waals surface area contributed by atoms with Crippen LogP contribution in [0.15, 0.2) is 77.3 Å². The summed E-state index contributed by atoms with van der Waals surface area (Å²) in [5, 5.41) is 16.4. The standard InChI is InChI=1S/C28H25N5O4/c1-3-8-24-25(27(34)29-20-13-11-19(12-14-20)28(35)36-4-2)30-32-33(24)21-15-16-23-22(17-21)26(37-31-23)18-9-6-5-7-10-18/h5-7,9-17H,3-4,8H2,1-2H3,(H,29,34). The molecule has 9 nitrogen and oxygen atoms in total. The zero-order chi connectivity index (χ0) is 25.8. The monoisotopic (exact) mass is 495 g/mol. The van der Waals surface area contributed by atoms with Gasteiger partial charge in [-0.15, -0.1) is 5.10 Å². The number of carbonyl (C=O) groups is 2. The summed E-state index contributed by atoms with van der Waals surface area (Å²) in [6, 6.07) is 22.0. The molecular weight excluding hydrogens is 470 g/mol.